The molecule has 0 aliphatic rings. The second-order valence-electron chi connectivity index (χ2n) is 4.54. The largest absolute Gasteiger partial charge is 0.495 e. The van der Waals surface area contributed by atoms with E-state index in [9.17, 15) is 4.79 Å². The monoisotopic (exact) mass is 363 g/mol. The minimum Gasteiger partial charge on any atom is -0.495 e. The summed E-state index contributed by atoms with van der Waals surface area (Å²) >= 11 is 9.66. The van der Waals surface area contributed by atoms with Crippen molar-refractivity contribution in [2.45, 2.75) is 0 Å². The molecule has 0 fully saturated rings. The molecule has 1 N–H and O–H groups in total. The van der Waals surface area contributed by atoms with Crippen LogP contribution in [-0.4, -0.2) is 18.4 Å². The number of nitrogens with one attached hydrogen (secondary N) is 1. The number of hydrogen-bond donors (Lipinski definition) is 1. The van der Waals surface area contributed by atoms with Crippen LogP contribution in [0.25, 0.3) is 22.2 Å². The van der Waals surface area contributed by atoms with Crippen LogP contribution in [0.2, 0.25) is 5.02 Å². The Morgan fingerprint density at radius 1 is 1.29 bits per heavy atom. The van der Waals surface area contributed by atoms with Gasteiger partial charge in [0, 0.05) is 21.0 Å². The van der Waals surface area contributed by atoms with Gasteiger partial charge in [0.25, 0.3) is 0 Å². The molecule has 1 aromatic heterocycles. The van der Waals surface area contributed by atoms with Gasteiger partial charge in [-0.3, -0.25) is 4.79 Å². The van der Waals surface area contributed by atoms with Gasteiger partial charge in [-0.2, -0.15) is 0 Å². The third kappa shape index (κ3) is 2.34. The molecule has 3 nitrogen and oxygen atoms in total. The average molecular weight is 365 g/mol. The van der Waals surface area contributed by atoms with Gasteiger partial charge in [0.1, 0.15) is 5.75 Å². The van der Waals surface area contributed by atoms with Crippen molar-refractivity contribution in [1.82, 2.24) is 4.98 Å². The van der Waals surface area contributed by atoms with E-state index in [2.05, 4.69) is 20.9 Å². The van der Waals surface area contributed by atoms with Crippen LogP contribution >= 0.6 is 27.5 Å². The first-order valence-corrected chi connectivity index (χ1v) is 7.42. The fourth-order valence-corrected chi connectivity index (χ4v) is 3.10. The van der Waals surface area contributed by atoms with Gasteiger partial charge in [0.2, 0.25) is 0 Å². The van der Waals surface area contributed by atoms with E-state index in [-0.39, 0.29) is 0 Å². The Bertz CT molecular complexity index is 842. The first-order valence-electron chi connectivity index (χ1n) is 6.25. The lowest BCUT2D eigenvalue weighted by Gasteiger charge is -2.05. The molecule has 5 heteroatoms. The number of fused-ring (bicyclic) bond motifs is 1. The summed E-state index contributed by atoms with van der Waals surface area (Å²) in [7, 11) is 1.57. The highest BCUT2D eigenvalue weighted by atomic mass is 79.9. The molecule has 0 aliphatic carbocycles. The van der Waals surface area contributed by atoms with E-state index in [4.69, 9.17) is 16.3 Å². The molecule has 0 saturated heterocycles. The maximum absolute atomic E-state index is 11.5. The first-order chi connectivity index (χ1) is 10.2. The van der Waals surface area contributed by atoms with Gasteiger partial charge in [0.05, 0.1) is 23.3 Å². The smallest absolute Gasteiger partial charge is 0.152 e. The number of H-pyrrole nitrogens is 1. The fourth-order valence-electron chi connectivity index (χ4n) is 2.37. The molecule has 0 amide bonds. The zero-order chi connectivity index (χ0) is 15.0. The summed E-state index contributed by atoms with van der Waals surface area (Å²) in [5.41, 5.74) is 3.09. The van der Waals surface area contributed by atoms with Gasteiger partial charge in [-0.1, -0.05) is 23.7 Å². The predicted molar refractivity (Wildman–Crippen MR) is 88.4 cm³/mol. The number of aromatic amines is 1. The normalized spacial score (nSPS) is 10.8. The van der Waals surface area contributed by atoms with Gasteiger partial charge in [-0.05, 0) is 40.2 Å². The third-order valence-corrected chi connectivity index (χ3v) is 4.34. The highest BCUT2D eigenvalue weighted by Gasteiger charge is 2.15. The topological polar surface area (TPSA) is 42.1 Å². The molecular formula is C16H11BrClNO2. The van der Waals surface area contributed by atoms with Gasteiger partial charge in [0.15, 0.2) is 6.29 Å². The number of carbonyl (C=O) groups excluding carboxylic acids is 1. The van der Waals surface area contributed by atoms with E-state index in [0.717, 1.165) is 32.9 Å². The molecule has 0 saturated carbocycles. The molecule has 0 spiro atoms. The third-order valence-electron chi connectivity index (χ3n) is 3.38. The Kier molecular flexibility index (Phi) is 3.74. The maximum Gasteiger partial charge on any atom is 0.152 e. The number of para-hydroxylation sites is 1. The number of ether oxygens (including phenoxy) is 1. The number of methoxy groups -OCH3 is 1. The van der Waals surface area contributed by atoms with Crippen molar-refractivity contribution in [3.8, 4) is 17.0 Å². The Labute approximate surface area is 135 Å². The summed E-state index contributed by atoms with van der Waals surface area (Å²) in [5.74, 6) is 0.602. The van der Waals surface area contributed by atoms with E-state index in [1.54, 1.807) is 19.2 Å². The Morgan fingerprint density at radius 3 is 2.76 bits per heavy atom. The summed E-state index contributed by atoms with van der Waals surface area (Å²) in [6.07, 6.45) is 0.860. The Balaban J connectivity index is 2.27. The maximum atomic E-state index is 11.5. The van der Waals surface area contributed by atoms with Crippen molar-refractivity contribution < 1.29 is 9.53 Å². The molecule has 3 aromatic rings. The van der Waals surface area contributed by atoms with Crippen LogP contribution in [0.3, 0.4) is 0 Å². The number of halogens is 2. The van der Waals surface area contributed by atoms with Gasteiger partial charge < -0.3 is 9.72 Å². The minimum atomic E-state index is 0.504. The molecule has 0 atom stereocenters. The molecule has 21 heavy (non-hydrogen) atoms. The first kappa shape index (κ1) is 14.2. The molecule has 106 valence electrons. The predicted octanol–water partition coefficient (Wildman–Crippen LogP) is 5.07. The van der Waals surface area contributed by atoms with Crippen LogP contribution in [0.15, 0.2) is 40.9 Å². The zero-order valence-corrected chi connectivity index (χ0v) is 13.5. The molecular weight excluding hydrogens is 354 g/mol. The minimum absolute atomic E-state index is 0.504. The Morgan fingerprint density at radius 2 is 2.10 bits per heavy atom. The fraction of sp³-hybridized carbons (Fsp3) is 0.0625. The van der Waals surface area contributed by atoms with Crippen LogP contribution in [0.1, 0.15) is 10.4 Å². The Hall–Kier alpha value is -1.78. The van der Waals surface area contributed by atoms with Crippen molar-refractivity contribution in [2.75, 3.05) is 7.11 Å². The second-order valence-corrected chi connectivity index (χ2v) is 5.80. The van der Waals surface area contributed by atoms with E-state index in [0.29, 0.717) is 16.3 Å². The SMILES string of the molecule is COc1ccc(-c2[nH]c3c(Br)cccc3c2C=O)cc1Cl. The molecule has 0 unspecified atom stereocenters. The molecule has 0 radical (unpaired) electrons. The lowest BCUT2D eigenvalue weighted by Crippen LogP contribution is -1.87. The van der Waals surface area contributed by atoms with Gasteiger partial charge in [-0.15, -0.1) is 0 Å². The van der Waals surface area contributed by atoms with Crippen molar-refractivity contribution in [3.05, 3.63) is 51.5 Å². The number of aromatic nitrogens is 1. The van der Waals surface area contributed by atoms with E-state index >= 15 is 0 Å². The number of benzene rings is 2. The van der Waals surface area contributed by atoms with Crippen LogP contribution in [0.4, 0.5) is 0 Å². The van der Waals surface area contributed by atoms with Crippen molar-refractivity contribution in [3.63, 3.8) is 0 Å². The summed E-state index contributed by atoms with van der Waals surface area (Å²) in [4.78, 5) is 14.8. The highest BCUT2D eigenvalue weighted by Crippen LogP contribution is 2.35. The summed E-state index contributed by atoms with van der Waals surface area (Å²) < 4.78 is 6.06. The standard InChI is InChI=1S/C16H11BrClNO2/c1-21-14-6-5-9(7-13(14)18)15-11(8-20)10-3-2-4-12(17)16(10)19-15/h2-8,19H,1H3. The molecule has 2 aromatic carbocycles. The molecule has 3 rings (SSSR count). The van der Waals surface area contributed by atoms with Gasteiger partial charge in [-0.25, -0.2) is 0 Å². The quantitative estimate of drug-likeness (QED) is 0.659. The van der Waals surface area contributed by atoms with Crippen molar-refractivity contribution >= 4 is 44.7 Å². The number of hydrogen-bond acceptors (Lipinski definition) is 2. The van der Waals surface area contributed by atoms with E-state index in [1.165, 1.54) is 0 Å². The number of carbonyl (C=O) groups is 1. The second kappa shape index (κ2) is 5.54. The van der Waals surface area contributed by atoms with Crippen molar-refractivity contribution in [1.29, 1.82) is 0 Å². The van der Waals surface area contributed by atoms with Gasteiger partial charge >= 0.3 is 0 Å². The molecule has 0 aliphatic heterocycles. The number of aldehydes is 1. The van der Waals surface area contributed by atoms with Crippen LogP contribution in [0, 0.1) is 0 Å². The highest BCUT2D eigenvalue weighted by molar-refractivity contribution is 9.10. The van der Waals surface area contributed by atoms with Crippen LogP contribution in [-0.2, 0) is 0 Å². The number of rotatable bonds is 3. The van der Waals surface area contributed by atoms with Crippen LogP contribution in [0.5, 0.6) is 5.75 Å². The zero-order valence-electron chi connectivity index (χ0n) is 11.1. The molecule has 0 bridgehead atoms. The summed E-state index contributed by atoms with van der Waals surface area (Å²) in [6.45, 7) is 0. The van der Waals surface area contributed by atoms with E-state index in [1.807, 2.05) is 24.3 Å². The van der Waals surface area contributed by atoms with Crippen LogP contribution < -0.4 is 4.74 Å². The van der Waals surface area contributed by atoms with E-state index < -0.39 is 0 Å². The summed E-state index contributed by atoms with van der Waals surface area (Å²) in [6, 6.07) is 11.2. The summed E-state index contributed by atoms with van der Waals surface area (Å²) in [5, 5.41) is 1.38. The lowest BCUT2D eigenvalue weighted by molar-refractivity contribution is 0.112. The van der Waals surface area contributed by atoms with Crippen molar-refractivity contribution in [2.24, 2.45) is 0 Å². The lowest BCUT2D eigenvalue weighted by atomic mass is 10.1. The molecule has 1 heterocycles. The average Bonchev–Trinajstić information content (AvgIpc) is 2.87.